The number of anilines is 1. The van der Waals surface area contributed by atoms with Crippen LogP contribution in [0.25, 0.3) is 0 Å². The van der Waals surface area contributed by atoms with Crippen LogP contribution in [0.1, 0.15) is 18.0 Å². The molecule has 1 fully saturated rings. The van der Waals surface area contributed by atoms with Gasteiger partial charge in [-0.05, 0) is 25.1 Å². The number of likely N-dealkylation sites (tertiary alicyclic amines) is 1. The first-order valence-corrected chi connectivity index (χ1v) is 7.57. The number of hydrogen-bond donors (Lipinski definition) is 2. The number of hydrogen-bond acceptors (Lipinski definition) is 3. The number of likely N-dealkylation sites (N-methyl/N-ethyl adjacent to an activating group) is 1. The Labute approximate surface area is 134 Å². The lowest BCUT2D eigenvalue weighted by molar-refractivity contribution is 0.240. The Bertz CT molecular complexity index is 679. The summed E-state index contributed by atoms with van der Waals surface area (Å²) in [6.07, 6.45) is 3.36. The van der Waals surface area contributed by atoms with Crippen LogP contribution in [-0.4, -0.2) is 35.5 Å². The first-order valence-electron chi connectivity index (χ1n) is 7.57. The topological polar surface area (TPSA) is 57.3 Å². The van der Waals surface area contributed by atoms with E-state index in [1.807, 2.05) is 25.2 Å². The summed E-state index contributed by atoms with van der Waals surface area (Å²) in [5.41, 5.74) is 1.29. The second-order valence-corrected chi connectivity index (χ2v) is 5.69. The summed E-state index contributed by atoms with van der Waals surface area (Å²) < 4.78 is 13.6. The average Bonchev–Trinajstić information content (AvgIpc) is 2.91. The minimum Gasteiger partial charge on any atom is -0.333 e. The van der Waals surface area contributed by atoms with Gasteiger partial charge in [0.25, 0.3) is 0 Å². The average molecular weight is 314 g/mol. The largest absolute Gasteiger partial charge is 0.333 e. The minimum atomic E-state index is -0.550. The molecule has 3 rings (SSSR count). The van der Waals surface area contributed by atoms with Crippen molar-refractivity contribution in [3.05, 3.63) is 60.2 Å². The van der Waals surface area contributed by atoms with Gasteiger partial charge in [-0.15, -0.1) is 0 Å². The number of aromatic nitrogens is 1. The molecule has 0 spiro atoms. The molecule has 2 heterocycles. The van der Waals surface area contributed by atoms with Crippen LogP contribution < -0.4 is 10.6 Å². The van der Waals surface area contributed by atoms with Crippen LogP contribution in [0.5, 0.6) is 0 Å². The summed E-state index contributed by atoms with van der Waals surface area (Å²) in [7, 11) is 2.04. The van der Waals surface area contributed by atoms with Crippen LogP contribution in [0.15, 0.2) is 48.8 Å². The zero-order valence-electron chi connectivity index (χ0n) is 12.9. The van der Waals surface area contributed by atoms with E-state index >= 15 is 0 Å². The molecule has 2 amide bonds. The Morgan fingerprint density at radius 3 is 2.83 bits per heavy atom. The fourth-order valence-corrected chi connectivity index (χ4v) is 3.04. The number of pyridine rings is 1. The standard InChI is InChI=1S/C17H19FN4O/c1-22-10-8-15(16(22)12-5-3-2-4-6-12)21-17(23)20-14-7-9-19-11-13(14)18/h2-7,9,11,15-16H,8,10H2,1H3,(H2,19,20,21,23). The predicted octanol–water partition coefficient (Wildman–Crippen LogP) is 2.79. The van der Waals surface area contributed by atoms with Gasteiger partial charge in [0.05, 0.1) is 24.0 Å². The first kappa shape index (κ1) is 15.4. The van der Waals surface area contributed by atoms with Crippen LogP contribution in [0.4, 0.5) is 14.9 Å². The molecule has 2 aromatic rings. The highest BCUT2D eigenvalue weighted by molar-refractivity contribution is 5.89. The third-order valence-electron chi connectivity index (χ3n) is 4.13. The Balaban J connectivity index is 1.69. The quantitative estimate of drug-likeness (QED) is 0.916. The van der Waals surface area contributed by atoms with Gasteiger partial charge in [-0.25, -0.2) is 9.18 Å². The van der Waals surface area contributed by atoms with Crippen molar-refractivity contribution in [1.82, 2.24) is 15.2 Å². The van der Waals surface area contributed by atoms with Gasteiger partial charge < -0.3 is 10.6 Å². The molecule has 2 N–H and O–H groups in total. The van der Waals surface area contributed by atoms with Gasteiger partial charge in [-0.1, -0.05) is 30.3 Å². The molecule has 1 aliphatic rings. The summed E-state index contributed by atoms with van der Waals surface area (Å²) in [6.45, 7) is 0.897. The molecule has 6 heteroatoms. The summed E-state index contributed by atoms with van der Waals surface area (Å²) in [4.78, 5) is 18.1. The normalized spacial score (nSPS) is 21.1. The minimum absolute atomic E-state index is 0.0210. The predicted molar refractivity (Wildman–Crippen MR) is 86.6 cm³/mol. The SMILES string of the molecule is CN1CCC(NC(=O)Nc2ccncc2F)C1c1ccccc1. The highest BCUT2D eigenvalue weighted by Crippen LogP contribution is 2.30. The van der Waals surface area contributed by atoms with Crippen molar-refractivity contribution in [3.8, 4) is 0 Å². The lowest BCUT2D eigenvalue weighted by Gasteiger charge is -2.26. The van der Waals surface area contributed by atoms with E-state index in [0.29, 0.717) is 0 Å². The maximum Gasteiger partial charge on any atom is 0.319 e. The number of carbonyl (C=O) groups is 1. The number of urea groups is 1. The Kier molecular flexibility index (Phi) is 4.52. The zero-order chi connectivity index (χ0) is 16.2. The van der Waals surface area contributed by atoms with Crippen molar-refractivity contribution >= 4 is 11.7 Å². The number of benzene rings is 1. The lowest BCUT2D eigenvalue weighted by Crippen LogP contribution is -2.41. The maximum atomic E-state index is 13.6. The number of carbonyl (C=O) groups excluding carboxylic acids is 1. The molecule has 0 radical (unpaired) electrons. The lowest BCUT2D eigenvalue weighted by atomic mass is 10.0. The van der Waals surface area contributed by atoms with Gasteiger partial charge >= 0.3 is 6.03 Å². The Morgan fingerprint density at radius 2 is 2.09 bits per heavy atom. The second kappa shape index (κ2) is 6.75. The highest BCUT2D eigenvalue weighted by Gasteiger charge is 2.33. The fraction of sp³-hybridized carbons (Fsp3) is 0.294. The first-order chi connectivity index (χ1) is 11.1. The van der Waals surface area contributed by atoms with Crippen LogP contribution in [0, 0.1) is 5.82 Å². The molecule has 0 saturated carbocycles. The molecular weight excluding hydrogens is 295 g/mol. The molecule has 120 valence electrons. The molecule has 1 aliphatic heterocycles. The summed E-state index contributed by atoms with van der Waals surface area (Å²) >= 11 is 0. The maximum absolute atomic E-state index is 13.6. The molecule has 1 saturated heterocycles. The summed E-state index contributed by atoms with van der Waals surface area (Å²) in [6, 6.07) is 11.2. The van der Waals surface area contributed by atoms with Crippen molar-refractivity contribution in [1.29, 1.82) is 0 Å². The van der Waals surface area contributed by atoms with Crippen molar-refractivity contribution in [2.24, 2.45) is 0 Å². The number of halogens is 1. The van der Waals surface area contributed by atoms with Crippen molar-refractivity contribution in [2.75, 3.05) is 18.9 Å². The van der Waals surface area contributed by atoms with Gasteiger partial charge in [-0.3, -0.25) is 9.88 Å². The highest BCUT2D eigenvalue weighted by atomic mass is 19.1. The van der Waals surface area contributed by atoms with Crippen LogP contribution in [0.2, 0.25) is 0 Å². The number of nitrogens with one attached hydrogen (secondary N) is 2. The summed E-state index contributed by atoms with van der Waals surface area (Å²) in [5.74, 6) is -0.550. The van der Waals surface area contributed by atoms with E-state index in [1.165, 1.54) is 12.3 Å². The van der Waals surface area contributed by atoms with Gasteiger partial charge in [-0.2, -0.15) is 0 Å². The molecule has 23 heavy (non-hydrogen) atoms. The fourth-order valence-electron chi connectivity index (χ4n) is 3.04. The van der Waals surface area contributed by atoms with Crippen molar-refractivity contribution in [2.45, 2.75) is 18.5 Å². The zero-order valence-corrected chi connectivity index (χ0v) is 12.9. The van der Waals surface area contributed by atoms with Gasteiger partial charge in [0, 0.05) is 12.7 Å². The van der Waals surface area contributed by atoms with Gasteiger partial charge in [0.15, 0.2) is 5.82 Å². The Morgan fingerprint density at radius 1 is 1.30 bits per heavy atom. The van der Waals surface area contributed by atoms with Crippen LogP contribution in [-0.2, 0) is 0 Å². The van der Waals surface area contributed by atoms with E-state index in [9.17, 15) is 9.18 Å². The molecule has 0 bridgehead atoms. The molecule has 2 atom stereocenters. The summed E-state index contributed by atoms with van der Waals surface area (Å²) in [5, 5.41) is 5.50. The molecule has 1 aromatic carbocycles. The number of nitrogens with zero attached hydrogens (tertiary/aromatic N) is 2. The molecule has 1 aromatic heterocycles. The van der Waals surface area contributed by atoms with Gasteiger partial charge in [0.1, 0.15) is 0 Å². The van der Waals surface area contributed by atoms with Crippen LogP contribution >= 0.6 is 0 Å². The Hall–Kier alpha value is -2.47. The van der Waals surface area contributed by atoms with Crippen molar-refractivity contribution < 1.29 is 9.18 Å². The molecule has 5 nitrogen and oxygen atoms in total. The number of amides is 2. The van der Waals surface area contributed by atoms with E-state index < -0.39 is 11.8 Å². The van der Waals surface area contributed by atoms with E-state index in [1.54, 1.807) is 0 Å². The number of rotatable bonds is 3. The third kappa shape index (κ3) is 3.48. The van der Waals surface area contributed by atoms with Crippen LogP contribution in [0.3, 0.4) is 0 Å². The molecular formula is C17H19FN4O. The van der Waals surface area contributed by atoms with E-state index in [4.69, 9.17) is 0 Å². The third-order valence-corrected chi connectivity index (χ3v) is 4.13. The van der Waals surface area contributed by atoms with Crippen molar-refractivity contribution in [3.63, 3.8) is 0 Å². The van der Waals surface area contributed by atoms with E-state index in [0.717, 1.165) is 24.7 Å². The van der Waals surface area contributed by atoms with E-state index in [2.05, 4.69) is 32.7 Å². The smallest absolute Gasteiger partial charge is 0.319 e. The second-order valence-electron chi connectivity index (χ2n) is 5.69. The van der Waals surface area contributed by atoms with E-state index in [-0.39, 0.29) is 17.8 Å². The molecule has 2 unspecified atom stereocenters. The molecule has 0 aliphatic carbocycles. The van der Waals surface area contributed by atoms with Gasteiger partial charge in [0.2, 0.25) is 0 Å². The monoisotopic (exact) mass is 314 g/mol.